The molecule has 1 atom stereocenters. The fraction of sp³-hybridized carbons (Fsp3) is 0.240. The molecule has 1 aliphatic heterocycles. The van der Waals surface area contributed by atoms with Gasteiger partial charge in [0.25, 0.3) is 0 Å². The highest BCUT2D eigenvalue weighted by atomic mass is 79.9. The predicted octanol–water partition coefficient (Wildman–Crippen LogP) is 4.93. The molecule has 1 amide bonds. The summed E-state index contributed by atoms with van der Waals surface area (Å²) in [6, 6.07) is 29.4. The lowest BCUT2D eigenvalue weighted by atomic mass is 9.96. The van der Waals surface area contributed by atoms with Crippen molar-refractivity contribution in [3.63, 3.8) is 0 Å². The molecule has 0 N–H and O–H groups in total. The zero-order valence-corrected chi connectivity index (χ0v) is 18.0. The van der Waals surface area contributed by atoms with Gasteiger partial charge in [-0.1, -0.05) is 88.7 Å². The highest BCUT2D eigenvalue weighted by molar-refractivity contribution is 9.10. The zero-order valence-electron chi connectivity index (χ0n) is 16.4. The van der Waals surface area contributed by atoms with E-state index in [0.29, 0.717) is 6.42 Å². The Kier molecular flexibility index (Phi) is 6.43. The summed E-state index contributed by atoms with van der Waals surface area (Å²) in [5.74, 6) is 0.218. The van der Waals surface area contributed by atoms with Gasteiger partial charge in [-0.05, 0) is 28.8 Å². The quantitative estimate of drug-likeness (QED) is 0.552. The Morgan fingerprint density at radius 2 is 1.31 bits per heavy atom. The highest BCUT2D eigenvalue weighted by Gasteiger charge is 2.28. The van der Waals surface area contributed by atoms with Crippen LogP contribution in [0.5, 0.6) is 0 Å². The fourth-order valence-corrected chi connectivity index (χ4v) is 4.27. The Bertz CT molecular complexity index is 920. The second-order valence-electron chi connectivity index (χ2n) is 7.44. The maximum absolute atomic E-state index is 12.7. The maximum atomic E-state index is 12.7. The molecular formula is C25H25BrN2O. The van der Waals surface area contributed by atoms with Gasteiger partial charge in [0.05, 0.1) is 12.5 Å². The van der Waals surface area contributed by atoms with Crippen LogP contribution < -0.4 is 0 Å². The Hall–Kier alpha value is -2.43. The monoisotopic (exact) mass is 448 g/mol. The highest BCUT2D eigenvalue weighted by Crippen LogP contribution is 2.30. The van der Waals surface area contributed by atoms with Gasteiger partial charge in [-0.3, -0.25) is 9.69 Å². The fourth-order valence-electron chi connectivity index (χ4n) is 4.01. The van der Waals surface area contributed by atoms with Crippen LogP contribution in [0.2, 0.25) is 0 Å². The van der Waals surface area contributed by atoms with Gasteiger partial charge in [0.2, 0.25) is 5.91 Å². The summed E-state index contributed by atoms with van der Waals surface area (Å²) in [6.45, 7) is 3.28. The third kappa shape index (κ3) is 4.95. The first-order valence-corrected chi connectivity index (χ1v) is 10.9. The van der Waals surface area contributed by atoms with Crippen LogP contribution in [0.1, 0.15) is 22.7 Å². The van der Waals surface area contributed by atoms with E-state index in [1.807, 2.05) is 35.2 Å². The molecule has 3 aromatic carbocycles. The molecular weight excluding hydrogens is 424 g/mol. The molecule has 3 nitrogen and oxygen atoms in total. The molecule has 1 saturated heterocycles. The first-order chi connectivity index (χ1) is 14.2. The standard InChI is InChI=1S/C25H25BrN2O/c26-23-13-11-22(12-14-23)25(21-9-5-2-6-10-21)28-17-15-27(16-18-28)24(29)19-20-7-3-1-4-8-20/h1-14,25H,15-19H2/t25-/m0/s1. The van der Waals surface area contributed by atoms with E-state index in [4.69, 9.17) is 0 Å². The summed E-state index contributed by atoms with van der Waals surface area (Å²) in [5.41, 5.74) is 3.65. The Labute approximate surface area is 181 Å². The van der Waals surface area contributed by atoms with Gasteiger partial charge in [-0.15, -0.1) is 0 Å². The summed E-state index contributed by atoms with van der Waals surface area (Å²) in [6.07, 6.45) is 0.482. The van der Waals surface area contributed by atoms with Crippen LogP contribution in [-0.2, 0) is 11.2 Å². The number of nitrogens with zero attached hydrogens (tertiary/aromatic N) is 2. The van der Waals surface area contributed by atoms with E-state index < -0.39 is 0 Å². The molecule has 29 heavy (non-hydrogen) atoms. The van der Waals surface area contributed by atoms with E-state index in [-0.39, 0.29) is 11.9 Å². The van der Waals surface area contributed by atoms with Crippen LogP contribution >= 0.6 is 15.9 Å². The molecule has 0 aliphatic carbocycles. The molecule has 3 aromatic rings. The number of hydrogen-bond donors (Lipinski definition) is 0. The average molecular weight is 449 g/mol. The van der Waals surface area contributed by atoms with Crippen molar-refractivity contribution in [2.45, 2.75) is 12.5 Å². The Balaban J connectivity index is 1.47. The minimum atomic E-state index is 0.204. The largest absolute Gasteiger partial charge is 0.340 e. The van der Waals surface area contributed by atoms with E-state index >= 15 is 0 Å². The Morgan fingerprint density at radius 3 is 1.93 bits per heavy atom. The van der Waals surface area contributed by atoms with Crippen molar-refractivity contribution in [1.29, 1.82) is 0 Å². The molecule has 1 heterocycles. The number of amides is 1. The second-order valence-corrected chi connectivity index (χ2v) is 8.36. The molecule has 4 heteroatoms. The predicted molar refractivity (Wildman–Crippen MR) is 121 cm³/mol. The van der Waals surface area contributed by atoms with E-state index in [1.54, 1.807) is 0 Å². The number of hydrogen-bond acceptors (Lipinski definition) is 2. The number of piperazine rings is 1. The van der Waals surface area contributed by atoms with E-state index in [2.05, 4.69) is 75.4 Å². The van der Waals surface area contributed by atoms with Crippen LogP contribution in [0, 0.1) is 0 Å². The number of carbonyl (C=O) groups excluding carboxylic acids is 1. The number of halogens is 1. The van der Waals surface area contributed by atoms with E-state index in [9.17, 15) is 4.79 Å². The number of carbonyl (C=O) groups is 1. The van der Waals surface area contributed by atoms with Gasteiger partial charge in [-0.2, -0.15) is 0 Å². The lowest BCUT2D eigenvalue weighted by Crippen LogP contribution is -2.50. The average Bonchev–Trinajstić information content (AvgIpc) is 2.77. The SMILES string of the molecule is O=C(Cc1ccccc1)N1CCN([C@@H](c2ccccc2)c2ccc(Br)cc2)CC1. The van der Waals surface area contributed by atoms with Crippen molar-refractivity contribution in [3.05, 3.63) is 106 Å². The van der Waals surface area contributed by atoms with Crippen LogP contribution in [-0.4, -0.2) is 41.9 Å². The molecule has 0 spiro atoms. The van der Waals surface area contributed by atoms with Crippen LogP contribution in [0.25, 0.3) is 0 Å². The van der Waals surface area contributed by atoms with Crippen LogP contribution in [0.4, 0.5) is 0 Å². The van der Waals surface area contributed by atoms with Gasteiger partial charge in [0.15, 0.2) is 0 Å². The second kappa shape index (κ2) is 9.38. The molecule has 0 bridgehead atoms. The first-order valence-electron chi connectivity index (χ1n) is 10.1. The van der Waals surface area contributed by atoms with Crippen molar-refractivity contribution in [2.24, 2.45) is 0 Å². The zero-order chi connectivity index (χ0) is 20.1. The topological polar surface area (TPSA) is 23.6 Å². The molecule has 0 radical (unpaired) electrons. The number of rotatable bonds is 5. The molecule has 0 aromatic heterocycles. The first kappa shape index (κ1) is 19.9. The van der Waals surface area contributed by atoms with Gasteiger partial charge in [0, 0.05) is 30.7 Å². The molecule has 0 unspecified atom stereocenters. The lowest BCUT2D eigenvalue weighted by Gasteiger charge is -2.40. The van der Waals surface area contributed by atoms with Gasteiger partial charge in [-0.25, -0.2) is 0 Å². The van der Waals surface area contributed by atoms with Gasteiger partial charge >= 0.3 is 0 Å². The minimum absolute atomic E-state index is 0.204. The smallest absolute Gasteiger partial charge is 0.227 e. The van der Waals surface area contributed by atoms with Crippen LogP contribution in [0.15, 0.2) is 89.4 Å². The summed E-state index contributed by atoms with van der Waals surface area (Å²) in [7, 11) is 0. The van der Waals surface area contributed by atoms with Crippen molar-refractivity contribution in [1.82, 2.24) is 9.80 Å². The van der Waals surface area contributed by atoms with Crippen LogP contribution in [0.3, 0.4) is 0 Å². The minimum Gasteiger partial charge on any atom is -0.340 e. The van der Waals surface area contributed by atoms with E-state index in [0.717, 1.165) is 36.2 Å². The molecule has 0 saturated carbocycles. The van der Waals surface area contributed by atoms with Crippen molar-refractivity contribution >= 4 is 21.8 Å². The maximum Gasteiger partial charge on any atom is 0.227 e. The summed E-state index contributed by atoms with van der Waals surface area (Å²) < 4.78 is 1.09. The molecule has 1 fully saturated rings. The van der Waals surface area contributed by atoms with Gasteiger partial charge in [0.1, 0.15) is 0 Å². The normalized spacial score (nSPS) is 15.8. The van der Waals surface area contributed by atoms with Gasteiger partial charge < -0.3 is 4.90 Å². The lowest BCUT2D eigenvalue weighted by molar-refractivity contribution is -0.132. The van der Waals surface area contributed by atoms with Crippen molar-refractivity contribution < 1.29 is 4.79 Å². The molecule has 1 aliphatic rings. The summed E-state index contributed by atoms with van der Waals surface area (Å²) in [4.78, 5) is 17.2. The molecule has 148 valence electrons. The van der Waals surface area contributed by atoms with Crippen molar-refractivity contribution in [2.75, 3.05) is 26.2 Å². The third-order valence-corrected chi connectivity index (χ3v) is 6.06. The summed E-state index contributed by atoms with van der Waals surface area (Å²) in [5, 5.41) is 0. The molecule has 4 rings (SSSR count). The third-order valence-electron chi connectivity index (χ3n) is 5.53. The van der Waals surface area contributed by atoms with E-state index in [1.165, 1.54) is 11.1 Å². The number of benzene rings is 3. The van der Waals surface area contributed by atoms with Crippen molar-refractivity contribution in [3.8, 4) is 0 Å². The summed E-state index contributed by atoms with van der Waals surface area (Å²) >= 11 is 3.54. The Morgan fingerprint density at radius 1 is 0.759 bits per heavy atom.